The molecule has 0 aromatic heterocycles. The van der Waals surface area contributed by atoms with Crippen LogP contribution in [-0.4, -0.2) is 43.6 Å². The average molecular weight is 282 g/mol. The van der Waals surface area contributed by atoms with Crippen molar-refractivity contribution in [3.8, 4) is 0 Å². The minimum absolute atomic E-state index is 0.613. The van der Waals surface area contributed by atoms with Crippen LogP contribution in [-0.2, 0) is 0 Å². The van der Waals surface area contributed by atoms with Crippen molar-refractivity contribution in [1.29, 1.82) is 0 Å². The van der Waals surface area contributed by atoms with E-state index in [0.29, 0.717) is 11.9 Å². The maximum absolute atomic E-state index is 5.82. The molecule has 1 saturated heterocycles. The highest BCUT2D eigenvalue weighted by molar-refractivity contribution is 5.77. The molecule has 0 aromatic carbocycles. The second kappa shape index (κ2) is 11.0. The van der Waals surface area contributed by atoms with E-state index in [1.807, 2.05) is 0 Å². The smallest absolute Gasteiger partial charge is 0.188 e. The van der Waals surface area contributed by atoms with Crippen molar-refractivity contribution in [1.82, 2.24) is 10.2 Å². The van der Waals surface area contributed by atoms with E-state index in [1.165, 1.54) is 51.7 Å². The van der Waals surface area contributed by atoms with Gasteiger partial charge in [-0.15, -0.1) is 0 Å². The van der Waals surface area contributed by atoms with Crippen molar-refractivity contribution in [2.75, 3.05) is 32.7 Å². The maximum Gasteiger partial charge on any atom is 0.188 e. The molecule has 0 spiro atoms. The molecule has 0 atom stereocenters. The SMILES string of the molecule is CC(C)CCNC(N)=NCCCCCN1CCCCC1. The van der Waals surface area contributed by atoms with Crippen molar-refractivity contribution < 1.29 is 0 Å². The number of unbranched alkanes of at least 4 members (excludes halogenated alkanes) is 2. The van der Waals surface area contributed by atoms with Gasteiger partial charge in [0.25, 0.3) is 0 Å². The third-order valence-corrected chi connectivity index (χ3v) is 3.89. The number of likely N-dealkylation sites (tertiary alicyclic amines) is 1. The number of piperidine rings is 1. The Morgan fingerprint density at radius 2 is 1.90 bits per heavy atom. The molecule has 4 nitrogen and oxygen atoms in total. The summed E-state index contributed by atoms with van der Waals surface area (Å²) in [7, 11) is 0. The van der Waals surface area contributed by atoms with Crippen LogP contribution < -0.4 is 11.1 Å². The van der Waals surface area contributed by atoms with Crippen LogP contribution in [0.1, 0.15) is 58.8 Å². The molecule has 0 amide bonds. The van der Waals surface area contributed by atoms with E-state index in [1.54, 1.807) is 0 Å². The number of nitrogens with zero attached hydrogens (tertiary/aromatic N) is 2. The molecule has 1 heterocycles. The molecule has 118 valence electrons. The van der Waals surface area contributed by atoms with Gasteiger partial charge in [-0.05, 0) is 57.7 Å². The number of hydrogen-bond donors (Lipinski definition) is 2. The Hall–Kier alpha value is -0.770. The van der Waals surface area contributed by atoms with E-state index >= 15 is 0 Å². The standard InChI is InChI=1S/C16H34N4/c1-15(2)9-11-19-16(17)18-10-5-3-6-12-20-13-7-4-8-14-20/h15H,3-14H2,1-2H3,(H3,17,18,19). The van der Waals surface area contributed by atoms with Gasteiger partial charge in [0, 0.05) is 13.1 Å². The number of nitrogens with one attached hydrogen (secondary N) is 1. The molecule has 1 fully saturated rings. The monoisotopic (exact) mass is 282 g/mol. The first-order valence-corrected chi connectivity index (χ1v) is 8.44. The lowest BCUT2D eigenvalue weighted by Gasteiger charge is -2.26. The highest BCUT2D eigenvalue weighted by Crippen LogP contribution is 2.09. The van der Waals surface area contributed by atoms with Gasteiger partial charge in [0.2, 0.25) is 0 Å². The third-order valence-electron chi connectivity index (χ3n) is 3.89. The van der Waals surface area contributed by atoms with Crippen molar-refractivity contribution in [2.45, 2.75) is 58.8 Å². The minimum atomic E-state index is 0.613. The fraction of sp³-hybridized carbons (Fsp3) is 0.938. The summed E-state index contributed by atoms with van der Waals surface area (Å²) in [6.45, 7) is 10.1. The minimum Gasteiger partial charge on any atom is -0.370 e. The second-order valence-electron chi connectivity index (χ2n) is 6.34. The fourth-order valence-corrected chi connectivity index (χ4v) is 2.55. The highest BCUT2D eigenvalue weighted by Gasteiger charge is 2.08. The first-order valence-electron chi connectivity index (χ1n) is 8.44. The highest BCUT2D eigenvalue weighted by atomic mass is 15.1. The van der Waals surface area contributed by atoms with Gasteiger partial charge in [0.1, 0.15) is 0 Å². The zero-order chi connectivity index (χ0) is 14.6. The number of rotatable bonds is 9. The maximum atomic E-state index is 5.82. The molecule has 1 aliphatic rings. The zero-order valence-electron chi connectivity index (χ0n) is 13.5. The van der Waals surface area contributed by atoms with E-state index < -0.39 is 0 Å². The van der Waals surface area contributed by atoms with Crippen LogP contribution in [0, 0.1) is 5.92 Å². The Balaban J connectivity index is 1.92. The summed E-state index contributed by atoms with van der Waals surface area (Å²) in [4.78, 5) is 6.98. The summed E-state index contributed by atoms with van der Waals surface area (Å²) in [6.07, 6.45) is 9.07. The van der Waals surface area contributed by atoms with Crippen LogP contribution in [0.15, 0.2) is 4.99 Å². The van der Waals surface area contributed by atoms with E-state index in [9.17, 15) is 0 Å². The largest absolute Gasteiger partial charge is 0.370 e. The molecule has 1 rings (SSSR count). The zero-order valence-corrected chi connectivity index (χ0v) is 13.5. The Bertz CT molecular complexity index is 257. The van der Waals surface area contributed by atoms with E-state index in [4.69, 9.17) is 5.73 Å². The lowest BCUT2D eigenvalue weighted by Crippen LogP contribution is -2.33. The Morgan fingerprint density at radius 3 is 2.60 bits per heavy atom. The van der Waals surface area contributed by atoms with E-state index in [-0.39, 0.29) is 0 Å². The topological polar surface area (TPSA) is 53.6 Å². The molecule has 0 radical (unpaired) electrons. The number of guanidine groups is 1. The first kappa shape index (κ1) is 17.3. The Labute approximate surface area is 125 Å². The second-order valence-corrected chi connectivity index (χ2v) is 6.34. The van der Waals surface area contributed by atoms with Gasteiger partial charge in [-0.3, -0.25) is 4.99 Å². The summed E-state index contributed by atoms with van der Waals surface area (Å²) in [5.41, 5.74) is 5.82. The van der Waals surface area contributed by atoms with Crippen LogP contribution in [0.25, 0.3) is 0 Å². The van der Waals surface area contributed by atoms with Gasteiger partial charge in [-0.1, -0.05) is 26.7 Å². The average Bonchev–Trinajstić information content (AvgIpc) is 2.43. The van der Waals surface area contributed by atoms with Gasteiger partial charge in [0.15, 0.2) is 5.96 Å². The molecule has 3 N–H and O–H groups in total. The van der Waals surface area contributed by atoms with Crippen LogP contribution in [0.2, 0.25) is 0 Å². The van der Waals surface area contributed by atoms with Gasteiger partial charge in [-0.25, -0.2) is 0 Å². The lowest BCUT2D eigenvalue weighted by molar-refractivity contribution is 0.224. The van der Waals surface area contributed by atoms with Crippen molar-refractivity contribution >= 4 is 5.96 Å². The molecule has 1 aliphatic heterocycles. The molecular formula is C16H34N4. The molecular weight excluding hydrogens is 248 g/mol. The predicted octanol–water partition coefficient (Wildman–Crippen LogP) is 2.59. The Morgan fingerprint density at radius 1 is 1.15 bits per heavy atom. The summed E-state index contributed by atoms with van der Waals surface area (Å²) >= 11 is 0. The first-order chi connectivity index (χ1) is 9.68. The summed E-state index contributed by atoms with van der Waals surface area (Å²) in [5, 5.41) is 3.18. The summed E-state index contributed by atoms with van der Waals surface area (Å²) < 4.78 is 0. The molecule has 4 heteroatoms. The molecule has 0 aromatic rings. The normalized spacial score (nSPS) is 17.6. The summed E-state index contributed by atoms with van der Waals surface area (Å²) in [5.74, 6) is 1.33. The molecule has 20 heavy (non-hydrogen) atoms. The quantitative estimate of drug-likeness (QED) is 0.388. The van der Waals surface area contributed by atoms with Crippen LogP contribution >= 0.6 is 0 Å². The fourth-order valence-electron chi connectivity index (χ4n) is 2.55. The van der Waals surface area contributed by atoms with Gasteiger partial charge >= 0.3 is 0 Å². The third kappa shape index (κ3) is 9.18. The van der Waals surface area contributed by atoms with Gasteiger partial charge in [0.05, 0.1) is 0 Å². The van der Waals surface area contributed by atoms with Crippen molar-refractivity contribution in [3.05, 3.63) is 0 Å². The summed E-state index contributed by atoms with van der Waals surface area (Å²) in [6, 6.07) is 0. The Kier molecular flexibility index (Phi) is 9.46. The van der Waals surface area contributed by atoms with Gasteiger partial charge < -0.3 is 16.0 Å². The van der Waals surface area contributed by atoms with Crippen LogP contribution in [0.5, 0.6) is 0 Å². The number of aliphatic imine (C=N–C) groups is 1. The van der Waals surface area contributed by atoms with Crippen molar-refractivity contribution in [3.63, 3.8) is 0 Å². The number of hydrogen-bond acceptors (Lipinski definition) is 2. The number of nitrogens with two attached hydrogens (primary N) is 1. The molecule has 0 bridgehead atoms. The molecule has 0 saturated carbocycles. The predicted molar refractivity (Wildman–Crippen MR) is 88.1 cm³/mol. The van der Waals surface area contributed by atoms with Crippen LogP contribution in [0.4, 0.5) is 0 Å². The van der Waals surface area contributed by atoms with Crippen molar-refractivity contribution in [2.24, 2.45) is 16.6 Å². The van der Waals surface area contributed by atoms with Gasteiger partial charge in [-0.2, -0.15) is 0 Å². The van der Waals surface area contributed by atoms with E-state index in [2.05, 4.69) is 29.1 Å². The van der Waals surface area contributed by atoms with E-state index in [0.717, 1.165) is 25.9 Å². The molecule has 0 aliphatic carbocycles. The molecule has 0 unspecified atom stereocenters. The van der Waals surface area contributed by atoms with Crippen LogP contribution in [0.3, 0.4) is 0 Å². The lowest BCUT2D eigenvalue weighted by atomic mass is 10.1.